The molecule has 6 rings (SSSR count). The smallest absolute Gasteiger partial charge is 0.125 e. The van der Waals surface area contributed by atoms with Crippen molar-refractivity contribution in [3.05, 3.63) is 96.6 Å². The number of amidine groups is 2. The number of hydrogen-bond donors (Lipinski definition) is 4. The maximum absolute atomic E-state index is 7.81. The van der Waals surface area contributed by atoms with Crippen LogP contribution in [0.2, 0.25) is 0 Å². The van der Waals surface area contributed by atoms with E-state index in [1.807, 2.05) is 57.7 Å². The van der Waals surface area contributed by atoms with E-state index in [0.29, 0.717) is 22.2 Å². The van der Waals surface area contributed by atoms with Crippen LogP contribution in [0.4, 0.5) is 0 Å². The van der Waals surface area contributed by atoms with Crippen molar-refractivity contribution in [2.45, 2.75) is 0 Å². The Morgan fingerprint density at radius 3 is 1.47 bits per heavy atom. The third-order valence-corrected chi connectivity index (χ3v) is 6.10. The minimum absolute atomic E-state index is 0.00402. The summed E-state index contributed by atoms with van der Waals surface area (Å²) in [5, 5.41) is 17.8. The zero-order valence-corrected chi connectivity index (χ0v) is 18.0. The van der Waals surface area contributed by atoms with Crippen molar-refractivity contribution in [3.63, 3.8) is 0 Å². The molecule has 0 aliphatic carbocycles. The van der Waals surface area contributed by atoms with Crippen LogP contribution in [0, 0.1) is 10.8 Å². The Morgan fingerprint density at radius 1 is 0.618 bits per heavy atom. The van der Waals surface area contributed by atoms with Gasteiger partial charge in [0.1, 0.15) is 24.3 Å². The van der Waals surface area contributed by atoms with Crippen molar-refractivity contribution in [2.75, 3.05) is 0 Å². The van der Waals surface area contributed by atoms with Gasteiger partial charge in [0.05, 0.1) is 22.1 Å². The molecule has 6 N–H and O–H groups in total. The normalized spacial score (nSPS) is 11.4. The van der Waals surface area contributed by atoms with E-state index in [1.54, 1.807) is 12.7 Å². The summed E-state index contributed by atoms with van der Waals surface area (Å²) in [6.07, 6.45) is 3.52. The number of rotatable bonds is 4. The SMILES string of the molecule is N=C(N)c1cccc2c1ncn2-c1ccc2cc(-n3cnc4c(C(=N)N)cccc43)ccc2c1. The van der Waals surface area contributed by atoms with Crippen LogP contribution in [-0.2, 0) is 0 Å². The Hall–Kier alpha value is -4.98. The second-order valence-corrected chi connectivity index (χ2v) is 8.12. The molecule has 0 bridgehead atoms. The highest BCUT2D eigenvalue weighted by Crippen LogP contribution is 2.27. The van der Waals surface area contributed by atoms with Gasteiger partial charge in [-0.3, -0.25) is 20.0 Å². The first-order valence-corrected chi connectivity index (χ1v) is 10.7. The van der Waals surface area contributed by atoms with Gasteiger partial charge in [-0.2, -0.15) is 0 Å². The lowest BCUT2D eigenvalue weighted by Gasteiger charge is -2.10. The highest BCUT2D eigenvalue weighted by atomic mass is 15.1. The monoisotopic (exact) mass is 444 g/mol. The molecule has 0 spiro atoms. The summed E-state index contributed by atoms with van der Waals surface area (Å²) in [5.41, 5.74) is 17.9. The minimum Gasteiger partial charge on any atom is -0.384 e. The van der Waals surface area contributed by atoms with E-state index in [1.165, 1.54) is 0 Å². The van der Waals surface area contributed by atoms with E-state index < -0.39 is 0 Å². The number of aromatic nitrogens is 4. The molecule has 0 radical (unpaired) electrons. The van der Waals surface area contributed by atoms with E-state index in [0.717, 1.165) is 33.2 Å². The van der Waals surface area contributed by atoms with Gasteiger partial charge in [-0.05, 0) is 59.3 Å². The number of fused-ring (bicyclic) bond motifs is 3. The Bertz CT molecular complexity index is 1640. The second-order valence-electron chi connectivity index (χ2n) is 8.12. The standard InChI is InChI=1S/C26H20N8/c27-25(28)19-3-1-5-21-23(19)31-13-33(21)17-9-7-16-12-18(10-8-15(16)11-17)34-14-32-24-20(26(29)30)4-2-6-22(24)34/h1-14H,(H3,27,28)(H3,29,30). The van der Waals surface area contributed by atoms with Gasteiger partial charge in [-0.15, -0.1) is 0 Å². The third kappa shape index (κ3) is 2.93. The summed E-state index contributed by atoms with van der Waals surface area (Å²) in [7, 11) is 0. The van der Waals surface area contributed by atoms with Gasteiger partial charge in [0, 0.05) is 22.5 Å². The van der Waals surface area contributed by atoms with Crippen LogP contribution in [0.25, 0.3) is 44.2 Å². The highest BCUT2D eigenvalue weighted by molar-refractivity contribution is 6.06. The lowest BCUT2D eigenvalue weighted by atomic mass is 10.1. The molecule has 4 aromatic carbocycles. The number of nitrogens with one attached hydrogen (secondary N) is 2. The zero-order chi connectivity index (χ0) is 23.4. The lowest BCUT2D eigenvalue weighted by Crippen LogP contribution is -2.11. The van der Waals surface area contributed by atoms with Crippen molar-refractivity contribution in [3.8, 4) is 11.4 Å². The number of imidazole rings is 2. The maximum atomic E-state index is 7.81. The molecule has 0 atom stereocenters. The number of hydrogen-bond acceptors (Lipinski definition) is 4. The fourth-order valence-corrected chi connectivity index (χ4v) is 4.44. The molecule has 0 aliphatic rings. The van der Waals surface area contributed by atoms with Crippen LogP contribution in [0.15, 0.2) is 85.5 Å². The molecule has 0 saturated carbocycles. The van der Waals surface area contributed by atoms with Crippen molar-refractivity contribution < 1.29 is 0 Å². The molecule has 2 aromatic heterocycles. The first-order valence-electron chi connectivity index (χ1n) is 10.7. The number of nitrogen functional groups attached to an aromatic ring is 2. The van der Waals surface area contributed by atoms with Crippen molar-refractivity contribution in [2.24, 2.45) is 11.5 Å². The summed E-state index contributed by atoms with van der Waals surface area (Å²) in [6.45, 7) is 0. The molecule has 0 amide bonds. The molecular formula is C26H20N8. The largest absolute Gasteiger partial charge is 0.384 e. The van der Waals surface area contributed by atoms with E-state index in [-0.39, 0.29) is 11.7 Å². The number of benzene rings is 4. The van der Waals surface area contributed by atoms with Crippen LogP contribution < -0.4 is 11.5 Å². The van der Waals surface area contributed by atoms with E-state index in [2.05, 4.69) is 34.2 Å². The Labute approximate surface area is 194 Å². The van der Waals surface area contributed by atoms with Crippen LogP contribution >= 0.6 is 0 Å². The van der Waals surface area contributed by atoms with Crippen molar-refractivity contribution in [1.29, 1.82) is 10.8 Å². The number of nitrogens with two attached hydrogens (primary N) is 2. The van der Waals surface area contributed by atoms with Crippen molar-refractivity contribution in [1.82, 2.24) is 19.1 Å². The topological polar surface area (TPSA) is 135 Å². The predicted molar refractivity (Wildman–Crippen MR) is 135 cm³/mol. The van der Waals surface area contributed by atoms with Gasteiger partial charge in [-0.1, -0.05) is 24.3 Å². The van der Waals surface area contributed by atoms with Gasteiger partial charge >= 0.3 is 0 Å². The first-order chi connectivity index (χ1) is 16.5. The lowest BCUT2D eigenvalue weighted by molar-refractivity contribution is 1.09. The molecule has 0 aliphatic heterocycles. The van der Waals surface area contributed by atoms with Crippen LogP contribution in [0.5, 0.6) is 0 Å². The third-order valence-electron chi connectivity index (χ3n) is 6.10. The van der Waals surface area contributed by atoms with Crippen LogP contribution in [0.3, 0.4) is 0 Å². The first kappa shape index (κ1) is 19.7. The van der Waals surface area contributed by atoms with Crippen LogP contribution in [0.1, 0.15) is 11.1 Å². The fourth-order valence-electron chi connectivity index (χ4n) is 4.44. The molecule has 34 heavy (non-hydrogen) atoms. The van der Waals surface area contributed by atoms with Crippen molar-refractivity contribution >= 4 is 44.5 Å². The maximum Gasteiger partial charge on any atom is 0.125 e. The quantitative estimate of drug-likeness (QED) is 0.240. The molecule has 0 unspecified atom stereocenters. The Balaban J connectivity index is 1.44. The molecule has 2 heterocycles. The van der Waals surface area contributed by atoms with E-state index >= 15 is 0 Å². The fraction of sp³-hybridized carbons (Fsp3) is 0. The van der Waals surface area contributed by atoms with Gasteiger partial charge in [0.25, 0.3) is 0 Å². The Morgan fingerprint density at radius 2 is 1.06 bits per heavy atom. The molecule has 8 nitrogen and oxygen atoms in total. The average Bonchev–Trinajstić information content (AvgIpc) is 3.47. The molecule has 0 fully saturated rings. The highest BCUT2D eigenvalue weighted by Gasteiger charge is 2.12. The predicted octanol–water partition coefficient (Wildman–Crippen LogP) is 4.09. The summed E-state index contributed by atoms with van der Waals surface area (Å²) in [6, 6.07) is 23.8. The molecule has 8 heteroatoms. The van der Waals surface area contributed by atoms with Gasteiger partial charge < -0.3 is 11.5 Å². The summed E-state index contributed by atoms with van der Waals surface area (Å²) in [4.78, 5) is 9.00. The summed E-state index contributed by atoms with van der Waals surface area (Å²) >= 11 is 0. The molecule has 0 saturated heterocycles. The summed E-state index contributed by atoms with van der Waals surface area (Å²) < 4.78 is 4.00. The van der Waals surface area contributed by atoms with Crippen LogP contribution in [-0.4, -0.2) is 30.8 Å². The van der Waals surface area contributed by atoms with Gasteiger partial charge in [-0.25, -0.2) is 9.97 Å². The van der Waals surface area contributed by atoms with E-state index in [9.17, 15) is 0 Å². The minimum atomic E-state index is 0.00402. The zero-order valence-electron chi connectivity index (χ0n) is 18.0. The average molecular weight is 445 g/mol. The second kappa shape index (κ2) is 7.28. The number of para-hydroxylation sites is 2. The van der Waals surface area contributed by atoms with E-state index in [4.69, 9.17) is 22.3 Å². The van der Waals surface area contributed by atoms with Gasteiger partial charge in [0.15, 0.2) is 0 Å². The Kier molecular flexibility index (Phi) is 4.21. The number of nitrogens with zero attached hydrogens (tertiary/aromatic N) is 4. The molecule has 164 valence electrons. The molecular weight excluding hydrogens is 424 g/mol. The summed E-state index contributed by atoms with van der Waals surface area (Å²) in [5.74, 6) is 0.00804. The van der Waals surface area contributed by atoms with Gasteiger partial charge in [0.2, 0.25) is 0 Å². The molecule has 6 aromatic rings.